The lowest BCUT2D eigenvalue weighted by molar-refractivity contribution is 0.0547. The van der Waals surface area contributed by atoms with E-state index in [0.717, 1.165) is 55.0 Å². The van der Waals surface area contributed by atoms with Crippen molar-refractivity contribution in [3.63, 3.8) is 0 Å². The lowest BCUT2D eigenvalue weighted by atomic mass is 10.1. The zero-order chi connectivity index (χ0) is 37.8. The first-order valence-electron chi connectivity index (χ1n) is 18.5. The van der Waals surface area contributed by atoms with Gasteiger partial charge in [-0.25, -0.2) is 9.36 Å². The van der Waals surface area contributed by atoms with Gasteiger partial charge in [-0.15, -0.1) is 0 Å². The molecule has 1 saturated heterocycles. The van der Waals surface area contributed by atoms with Crippen LogP contribution >= 0.6 is 0 Å². The molecular weight excluding hydrogens is 685 g/mol. The summed E-state index contributed by atoms with van der Waals surface area (Å²) in [7, 11) is -1.38. The molecule has 3 aromatic heterocycles. The van der Waals surface area contributed by atoms with Gasteiger partial charge < -0.3 is 14.8 Å². The molecule has 0 radical (unpaired) electrons. The number of amides is 1. The van der Waals surface area contributed by atoms with E-state index in [9.17, 15) is 14.4 Å². The molecule has 5 aromatic rings. The van der Waals surface area contributed by atoms with Crippen molar-refractivity contribution >= 4 is 36.7 Å². The third-order valence-electron chi connectivity index (χ3n) is 9.28. The van der Waals surface area contributed by atoms with Crippen molar-refractivity contribution in [3.05, 3.63) is 106 Å². The van der Waals surface area contributed by atoms with Crippen molar-refractivity contribution in [3.8, 4) is 11.3 Å². The average Bonchev–Trinajstić information content (AvgIpc) is 3.73. The van der Waals surface area contributed by atoms with Crippen LogP contribution in [0.15, 0.2) is 84.0 Å². The standard InChI is InChI=1S/C41H52N6O5Si/c1-41(2,3)52-40(50)47-36-17-13-16-31(26-44-18-11-8-12-19-44)34(36)23-37(47)35-22-33(28-45(39(35)49)29-51-20-21-53(4,5)6)43-38(48)32-24-42-46(27-32)25-30-14-9-7-10-15-30/h7,9-10,13-17,22-24,27-28H,8,11-12,18-21,25-26,29H2,1-6H3,(H,43,48). The van der Waals surface area contributed by atoms with E-state index in [0.29, 0.717) is 35.6 Å². The number of likely N-dealkylation sites (tertiary alicyclic amines) is 1. The lowest BCUT2D eigenvalue weighted by Gasteiger charge is -2.26. The number of rotatable bonds is 12. The average molecular weight is 737 g/mol. The van der Waals surface area contributed by atoms with Crippen LogP contribution in [0.5, 0.6) is 0 Å². The molecule has 0 spiro atoms. The second-order valence-electron chi connectivity index (χ2n) is 16.2. The summed E-state index contributed by atoms with van der Waals surface area (Å²) in [4.78, 5) is 44.5. The van der Waals surface area contributed by atoms with E-state index in [1.807, 2.05) is 69.3 Å². The summed E-state index contributed by atoms with van der Waals surface area (Å²) in [5.41, 5.74) is 3.03. The normalized spacial score (nSPS) is 14.1. The van der Waals surface area contributed by atoms with Crippen LogP contribution in [0.2, 0.25) is 25.7 Å². The van der Waals surface area contributed by atoms with Crippen molar-refractivity contribution < 1.29 is 19.1 Å². The van der Waals surface area contributed by atoms with E-state index in [-0.39, 0.29) is 23.8 Å². The molecule has 53 heavy (non-hydrogen) atoms. The van der Waals surface area contributed by atoms with Crippen molar-refractivity contribution in [1.29, 1.82) is 0 Å². The second kappa shape index (κ2) is 16.1. The van der Waals surface area contributed by atoms with Gasteiger partial charge in [0.1, 0.15) is 12.3 Å². The van der Waals surface area contributed by atoms with Crippen LogP contribution in [0.25, 0.3) is 22.2 Å². The third kappa shape index (κ3) is 9.81. The number of ether oxygens (including phenoxy) is 2. The molecule has 0 unspecified atom stereocenters. The van der Waals surface area contributed by atoms with E-state index in [1.165, 1.54) is 21.8 Å². The number of carbonyl (C=O) groups excluding carboxylic acids is 2. The van der Waals surface area contributed by atoms with Crippen molar-refractivity contribution in [2.45, 2.75) is 91.1 Å². The van der Waals surface area contributed by atoms with E-state index in [2.05, 4.69) is 41.0 Å². The van der Waals surface area contributed by atoms with Gasteiger partial charge in [0.05, 0.1) is 40.8 Å². The Balaban J connectivity index is 1.41. The van der Waals surface area contributed by atoms with Crippen LogP contribution < -0.4 is 10.9 Å². The topological polar surface area (TPSA) is 113 Å². The molecule has 1 fully saturated rings. The number of piperidine rings is 1. The Bertz CT molecular complexity index is 2120. The molecule has 2 aromatic carbocycles. The lowest BCUT2D eigenvalue weighted by Crippen LogP contribution is -2.29. The summed E-state index contributed by atoms with van der Waals surface area (Å²) < 4.78 is 16.6. The highest BCUT2D eigenvalue weighted by molar-refractivity contribution is 6.76. The minimum atomic E-state index is -1.38. The molecule has 1 aliphatic rings. The van der Waals surface area contributed by atoms with Crippen LogP contribution in [0.4, 0.5) is 10.5 Å². The Morgan fingerprint density at radius 3 is 2.40 bits per heavy atom. The van der Waals surface area contributed by atoms with Gasteiger partial charge in [0.2, 0.25) is 0 Å². The minimum Gasteiger partial charge on any atom is -0.443 e. The Morgan fingerprint density at radius 2 is 1.68 bits per heavy atom. The fourth-order valence-corrected chi connectivity index (χ4v) is 7.31. The Hall–Kier alpha value is -4.78. The maximum atomic E-state index is 14.4. The molecule has 0 bridgehead atoms. The summed E-state index contributed by atoms with van der Waals surface area (Å²) in [6, 6.07) is 20.3. The first-order chi connectivity index (χ1) is 25.2. The molecule has 1 amide bonds. The van der Waals surface area contributed by atoms with Crippen molar-refractivity contribution in [2.24, 2.45) is 0 Å². The third-order valence-corrected chi connectivity index (χ3v) is 11.0. The van der Waals surface area contributed by atoms with E-state index >= 15 is 0 Å². The Kier molecular flexibility index (Phi) is 11.5. The second-order valence-corrected chi connectivity index (χ2v) is 21.8. The molecule has 0 saturated carbocycles. The number of pyridine rings is 1. The number of benzene rings is 2. The number of anilines is 1. The predicted octanol–water partition coefficient (Wildman–Crippen LogP) is 8.05. The van der Waals surface area contributed by atoms with Crippen LogP contribution in [-0.4, -0.2) is 69.2 Å². The largest absolute Gasteiger partial charge is 0.443 e. The number of aromatic nitrogens is 4. The summed E-state index contributed by atoms with van der Waals surface area (Å²) in [5.74, 6) is -0.378. The van der Waals surface area contributed by atoms with E-state index in [4.69, 9.17) is 9.47 Å². The van der Waals surface area contributed by atoms with Crippen LogP contribution in [0.1, 0.15) is 61.5 Å². The van der Waals surface area contributed by atoms with Gasteiger partial charge in [-0.05, 0) is 82.1 Å². The van der Waals surface area contributed by atoms with E-state index < -0.39 is 19.8 Å². The highest BCUT2D eigenvalue weighted by Gasteiger charge is 2.26. The van der Waals surface area contributed by atoms with Gasteiger partial charge in [0.15, 0.2) is 0 Å². The molecule has 1 N–H and O–H groups in total. The summed E-state index contributed by atoms with van der Waals surface area (Å²) in [6.45, 7) is 16.1. The van der Waals surface area contributed by atoms with Crippen LogP contribution in [-0.2, 0) is 29.3 Å². The minimum absolute atomic E-state index is 0.0120. The number of carbonyl (C=O) groups is 2. The molecule has 12 heteroatoms. The Labute approximate surface area is 312 Å². The van der Waals surface area contributed by atoms with Gasteiger partial charge in [0, 0.05) is 39.0 Å². The first kappa shape index (κ1) is 38.0. The van der Waals surface area contributed by atoms with Gasteiger partial charge >= 0.3 is 6.09 Å². The first-order valence-corrected chi connectivity index (χ1v) is 22.2. The zero-order valence-electron chi connectivity index (χ0n) is 31.9. The fourth-order valence-electron chi connectivity index (χ4n) is 6.56. The molecule has 280 valence electrons. The SMILES string of the molecule is CC(C)(C)OC(=O)n1c(-c2cc(NC(=O)c3cnn(Cc4ccccc4)c3)cn(COCC[Si](C)(C)C)c2=O)cc2c(CN3CCCCC3)cccc21. The van der Waals surface area contributed by atoms with Gasteiger partial charge in [-0.1, -0.05) is 68.5 Å². The monoisotopic (exact) mass is 736 g/mol. The molecular formula is C41H52N6O5Si. The van der Waals surface area contributed by atoms with Crippen molar-refractivity contribution in [2.75, 3.05) is 25.0 Å². The molecule has 0 aliphatic carbocycles. The molecule has 0 atom stereocenters. The molecule has 6 rings (SSSR count). The maximum absolute atomic E-state index is 14.4. The number of nitrogens with zero attached hydrogens (tertiary/aromatic N) is 5. The highest BCUT2D eigenvalue weighted by atomic mass is 28.3. The molecule has 4 heterocycles. The summed E-state index contributed by atoms with van der Waals surface area (Å²) >= 11 is 0. The maximum Gasteiger partial charge on any atom is 0.419 e. The van der Waals surface area contributed by atoms with Crippen LogP contribution in [0, 0.1) is 0 Å². The molecule has 1 aliphatic heterocycles. The molecule has 11 nitrogen and oxygen atoms in total. The van der Waals surface area contributed by atoms with Crippen molar-refractivity contribution in [1.82, 2.24) is 23.8 Å². The number of hydrogen-bond acceptors (Lipinski definition) is 7. The number of fused-ring (bicyclic) bond motifs is 1. The van der Waals surface area contributed by atoms with Gasteiger partial charge in [-0.2, -0.15) is 5.10 Å². The smallest absolute Gasteiger partial charge is 0.419 e. The summed E-state index contributed by atoms with van der Waals surface area (Å²) in [6.07, 6.45) is 7.78. The zero-order valence-corrected chi connectivity index (χ0v) is 32.9. The number of hydrogen-bond donors (Lipinski definition) is 1. The van der Waals surface area contributed by atoms with Crippen LogP contribution in [0.3, 0.4) is 0 Å². The Morgan fingerprint density at radius 1 is 0.925 bits per heavy atom. The predicted molar refractivity (Wildman–Crippen MR) is 212 cm³/mol. The highest BCUT2D eigenvalue weighted by Crippen LogP contribution is 2.32. The number of nitrogens with one attached hydrogen (secondary N) is 1. The van der Waals surface area contributed by atoms with E-state index in [1.54, 1.807) is 23.1 Å². The quantitative estimate of drug-likeness (QED) is 0.102. The summed E-state index contributed by atoms with van der Waals surface area (Å²) in [5, 5.41) is 8.25. The fraction of sp³-hybridized carbons (Fsp3) is 0.415. The van der Waals surface area contributed by atoms with Gasteiger partial charge in [0.25, 0.3) is 11.5 Å². The van der Waals surface area contributed by atoms with Gasteiger partial charge in [-0.3, -0.25) is 23.7 Å².